The van der Waals surface area contributed by atoms with Gasteiger partial charge in [0.2, 0.25) is 0 Å². The second kappa shape index (κ2) is 9.90. The van der Waals surface area contributed by atoms with Gasteiger partial charge < -0.3 is 9.64 Å². The summed E-state index contributed by atoms with van der Waals surface area (Å²) in [6.45, 7) is 9.47. The van der Waals surface area contributed by atoms with Crippen molar-refractivity contribution >= 4 is 28.7 Å². The molecule has 0 unspecified atom stereocenters. The second-order valence-corrected chi connectivity index (χ2v) is 11.7. The number of thiazole rings is 1. The quantitative estimate of drug-likeness (QED) is 0.357. The lowest BCUT2D eigenvalue weighted by Crippen LogP contribution is -2.66. The summed E-state index contributed by atoms with van der Waals surface area (Å²) < 4.78 is 5.37. The smallest absolute Gasteiger partial charge is 0.139 e. The van der Waals surface area contributed by atoms with Gasteiger partial charge in [0, 0.05) is 42.1 Å². The molecule has 1 aromatic heterocycles. The monoisotopic (exact) mass is 494 g/mol. The Morgan fingerprint density at radius 2 is 1.91 bits per heavy atom. The van der Waals surface area contributed by atoms with Crippen LogP contribution in [0.25, 0.3) is 21.0 Å². The first-order chi connectivity index (χ1) is 16.4. The normalized spacial score (nSPS) is 17.1. The third-order valence-corrected chi connectivity index (χ3v) is 8.07. The Morgan fingerprint density at radius 3 is 2.56 bits per heavy atom. The Bertz CT molecular complexity index is 1160. The molecule has 1 spiro atoms. The van der Waals surface area contributed by atoms with E-state index in [1.54, 1.807) is 11.3 Å². The van der Waals surface area contributed by atoms with Gasteiger partial charge in [0.1, 0.15) is 10.8 Å². The Hall–Kier alpha value is -2.05. The van der Waals surface area contributed by atoms with Crippen molar-refractivity contribution in [3.05, 3.63) is 64.8 Å². The van der Waals surface area contributed by atoms with Gasteiger partial charge in [0.05, 0.1) is 30.2 Å². The Labute approximate surface area is 210 Å². The van der Waals surface area contributed by atoms with Crippen LogP contribution in [0.15, 0.2) is 48.5 Å². The zero-order chi connectivity index (χ0) is 23.7. The van der Waals surface area contributed by atoms with E-state index in [0.29, 0.717) is 29.2 Å². The second-order valence-electron chi connectivity index (χ2n) is 10.3. The lowest BCUT2D eigenvalue weighted by atomic mass is 9.78. The summed E-state index contributed by atoms with van der Waals surface area (Å²) in [7, 11) is 0. The molecule has 5 rings (SSSR count). The summed E-state index contributed by atoms with van der Waals surface area (Å²) in [4.78, 5) is 21.1. The van der Waals surface area contributed by atoms with Gasteiger partial charge in [0.15, 0.2) is 0 Å². The number of carbonyl (C=O) groups excluding carboxylic acids is 1. The minimum Gasteiger partial charge on any atom is -0.380 e. The number of benzene rings is 2. The van der Waals surface area contributed by atoms with Crippen LogP contribution in [0, 0.1) is 11.3 Å². The summed E-state index contributed by atoms with van der Waals surface area (Å²) in [5.41, 5.74) is 4.78. The van der Waals surface area contributed by atoms with E-state index in [1.807, 2.05) is 24.3 Å². The molecule has 0 amide bonds. The number of halogens is 1. The van der Waals surface area contributed by atoms with Gasteiger partial charge >= 0.3 is 0 Å². The molecule has 0 N–H and O–H groups in total. The molecular formula is C28H31ClN2O2S. The molecule has 0 bridgehead atoms. The maximum absolute atomic E-state index is 12.6. The molecule has 0 atom stereocenters. The van der Waals surface area contributed by atoms with E-state index >= 15 is 0 Å². The minimum absolute atomic E-state index is 0.228. The number of hydrogen-bond acceptors (Lipinski definition) is 5. The Balaban J connectivity index is 1.31. The van der Waals surface area contributed by atoms with Crippen LogP contribution in [0.2, 0.25) is 5.02 Å². The summed E-state index contributed by atoms with van der Waals surface area (Å²) >= 11 is 7.90. The van der Waals surface area contributed by atoms with Crippen molar-refractivity contribution < 1.29 is 9.53 Å². The van der Waals surface area contributed by atoms with Gasteiger partial charge in [-0.3, -0.25) is 4.79 Å². The van der Waals surface area contributed by atoms with Crippen molar-refractivity contribution in [1.82, 2.24) is 9.88 Å². The van der Waals surface area contributed by atoms with Crippen LogP contribution in [-0.2, 0) is 22.4 Å². The predicted molar refractivity (Wildman–Crippen MR) is 140 cm³/mol. The van der Waals surface area contributed by atoms with Crippen LogP contribution in [0.1, 0.15) is 31.5 Å². The Kier molecular flexibility index (Phi) is 6.90. The van der Waals surface area contributed by atoms with Crippen molar-refractivity contribution in [2.24, 2.45) is 11.3 Å². The van der Waals surface area contributed by atoms with Crippen LogP contribution < -0.4 is 0 Å². The molecule has 6 heteroatoms. The van der Waals surface area contributed by atoms with Gasteiger partial charge in [-0.05, 0) is 35.6 Å². The zero-order valence-corrected chi connectivity index (χ0v) is 21.4. The maximum Gasteiger partial charge on any atom is 0.139 e. The van der Waals surface area contributed by atoms with Gasteiger partial charge in [-0.2, -0.15) is 0 Å². The molecule has 2 aliphatic rings. The van der Waals surface area contributed by atoms with Crippen molar-refractivity contribution in [2.75, 3.05) is 32.8 Å². The third kappa shape index (κ3) is 5.28. The fourth-order valence-electron chi connectivity index (χ4n) is 4.90. The highest BCUT2D eigenvalue weighted by atomic mass is 35.5. The molecular weight excluding hydrogens is 464 g/mol. The van der Waals surface area contributed by atoms with Gasteiger partial charge in [-0.15, -0.1) is 11.3 Å². The number of Topliss-reactive ketones (excluding diaryl/α,β-unsaturated/α-hetero) is 1. The molecule has 34 heavy (non-hydrogen) atoms. The molecule has 4 nitrogen and oxygen atoms in total. The van der Waals surface area contributed by atoms with Crippen LogP contribution in [0.4, 0.5) is 0 Å². The Morgan fingerprint density at radius 1 is 1.15 bits per heavy atom. The molecule has 2 saturated heterocycles. The molecule has 0 saturated carbocycles. The van der Waals surface area contributed by atoms with Gasteiger partial charge in [0.25, 0.3) is 0 Å². The number of ketones is 1. The average Bonchev–Trinajstić information content (AvgIpc) is 3.15. The predicted octanol–water partition coefficient (Wildman–Crippen LogP) is 6.16. The van der Waals surface area contributed by atoms with E-state index in [4.69, 9.17) is 21.3 Å². The number of nitrogens with zero attached hydrogens (tertiary/aromatic N) is 2. The highest BCUT2D eigenvalue weighted by Crippen LogP contribution is 2.38. The van der Waals surface area contributed by atoms with E-state index < -0.39 is 0 Å². The van der Waals surface area contributed by atoms with Crippen molar-refractivity contribution in [3.8, 4) is 21.0 Å². The molecule has 2 fully saturated rings. The van der Waals surface area contributed by atoms with E-state index in [0.717, 1.165) is 52.9 Å². The molecule has 2 aromatic carbocycles. The number of carbonyl (C=O) groups is 1. The van der Waals surface area contributed by atoms with Crippen LogP contribution in [0.5, 0.6) is 0 Å². The molecule has 3 heterocycles. The number of rotatable bonds is 9. The molecule has 0 aliphatic carbocycles. The highest BCUT2D eigenvalue weighted by Gasteiger charge is 2.48. The fourth-order valence-corrected chi connectivity index (χ4v) is 6.17. The molecule has 3 aromatic rings. The minimum atomic E-state index is 0.228. The third-order valence-electron chi connectivity index (χ3n) is 6.64. The molecule has 2 aliphatic heterocycles. The first-order valence-corrected chi connectivity index (χ1v) is 13.3. The standard InChI is InChI=1S/C28H31ClN2O2S/c1-19(2)12-24(32)14-25-26(22-4-3-5-23(29)13-22)34-27(30-25)21-8-6-20(7-9-21)10-11-31-15-28(16-31)17-33-18-28/h3-9,13,19H,10-12,14-18H2,1-2H3. The zero-order valence-electron chi connectivity index (χ0n) is 19.9. The van der Waals surface area contributed by atoms with Crippen molar-refractivity contribution in [2.45, 2.75) is 33.1 Å². The van der Waals surface area contributed by atoms with Crippen LogP contribution in [-0.4, -0.2) is 48.5 Å². The fraction of sp³-hybridized carbons (Fsp3) is 0.429. The average molecular weight is 495 g/mol. The SMILES string of the molecule is CC(C)CC(=O)Cc1nc(-c2ccc(CCN3CC4(COC4)C3)cc2)sc1-c1cccc(Cl)c1. The van der Waals surface area contributed by atoms with E-state index in [1.165, 1.54) is 18.7 Å². The lowest BCUT2D eigenvalue weighted by molar-refractivity contribution is -0.188. The number of aromatic nitrogens is 1. The summed E-state index contributed by atoms with van der Waals surface area (Å²) in [6, 6.07) is 16.5. The first-order valence-electron chi connectivity index (χ1n) is 12.1. The summed E-state index contributed by atoms with van der Waals surface area (Å²) in [5.74, 6) is 0.573. The summed E-state index contributed by atoms with van der Waals surface area (Å²) in [6.07, 6.45) is 1.98. The highest BCUT2D eigenvalue weighted by molar-refractivity contribution is 7.18. The number of hydrogen-bond donors (Lipinski definition) is 0. The number of ether oxygens (including phenoxy) is 1. The first kappa shape index (κ1) is 23.7. The van der Waals surface area contributed by atoms with E-state index in [2.05, 4.69) is 43.0 Å². The molecule has 0 radical (unpaired) electrons. The number of likely N-dealkylation sites (tertiary alicyclic amines) is 1. The van der Waals surface area contributed by atoms with E-state index in [-0.39, 0.29) is 5.78 Å². The van der Waals surface area contributed by atoms with Crippen molar-refractivity contribution in [3.63, 3.8) is 0 Å². The topological polar surface area (TPSA) is 42.4 Å². The van der Waals surface area contributed by atoms with Crippen LogP contribution in [0.3, 0.4) is 0 Å². The van der Waals surface area contributed by atoms with Crippen LogP contribution >= 0.6 is 22.9 Å². The molecule has 178 valence electrons. The van der Waals surface area contributed by atoms with Crippen molar-refractivity contribution in [1.29, 1.82) is 0 Å². The van der Waals surface area contributed by atoms with E-state index in [9.17, 15) is 4.79 Å². The van der Waals surface area contributed by atoms with Gasteiger partial charge in [-0.1, -0.05) is 61.8 Å². The maximum atomic E-state index is 12.6. The summed E-state index contributed by atoms with van der Waals surface area (Å²) in [5, 5.41) is 1.64. The van der Waals surface area contributed by atoms with Gasteiger partial charge in [-0.25, -0.2) is 4.98 Å². The lowest BCUT2D eigenvalue weighted by Gasteiger charge is -2.55. The largest absolute Gasteiger partial charge is 0.380 e.